The van der Waals surface area contributed by atoms with Crippen molar-refractivity contribution in [3.8, 4) is 0 Å². The molecule has 5 heteroatoms. The van der Waals surface area contributed by atoms with Gasteiger partial charge in [0.15, 0.2) is 0 Å². The number of carboxylic acids is 1. The summed E-state index contributed by atoms with van der Waals surface area (Å²) >= 11 is 0. The normalized spacial score (nSPS) is 9.87. The summed E-state index contributed by atoms with van der Waals surface area (Å²) in [4.78, 5) is 19.8. The van der Waals surface area contributed by atoms with Gasteiger partial charge in [-0.05, 0) is 6.42 Å². The van der Waals surface area contributed by atoms with E-state index in [1.165, 1.54) is 77.6 Å². The lowest BCUT2D eigenvalue weighted by Crippen LogP contribution is -2.10. The van der Waals surface area contributed by atoms with Gasteiger partial charge in [-0.1, -0.05) is 77.6 Å². The van der Waals surface area contributed by atoms with E-state index in [4.69, 9.17) is 9.84 Å². The molecule has 0 aromatic carbocycles. The SMILES string of the molecule is CCCCCCCCCCCCCCOC(C)=O.NCC(=O)O. The second kappa shape index (κ2) is 20.9. The van der Waals surface area contributed by atoms with Crippen molar-refractivity contribution in [2.45, 2.75) is 90.9 Å². The molecule has 0 aromatic rings. The van der Waals surface area contributed by atoms with Crippen molar-refractivity contribution < 1.29 is 19.4 Å². The lowest BCUT2D eigenvalue weighted by molar-refractivity contribution is -0.141. The third-order valence-corrected chi connectivity index (χ3v) is 3.48. The van der Waals surface area contributed by atoms with Gasteiger partial charge in [0, 0.05) is 6.92 Å². The van der Waals surface area contributed by atoms with Crippen LogP contribution in [0.1, 0.15) is 90.9 Å². The summed E-state index contributed by atoms with van der Waals surface area (Å²) in [5, 5.41) is 7.60. The summed E-state index contributed by atoms with van der Waals surface area (Å²) in [6, 6.07) is 0. The van der Waals surface area contributed by atoms with E-state index in [-0.39, 0.29) is 12.5 Å². The molecule has 0 aliphatic carbocycles. The van der Waals surface area contributed by atoms with Crippen LogP contribution >= 0.6 is 0 Å². The monoisotopic (exact) mass is 331 g/mol. The number of hydrogen-bond acceptors (Lipinski definition) is 4. The molecule has 0 aromatic heterocycles. The minimum absolute atomic E-state index is 0.155. The Hall–Kier alpha value is -1.10. The topological polar surface area (TPSA) is 89.6 Å². The largest absolute Gasteiger partial charge is 0.480 e. The molecule has 0 bridgehead atoms. The van der Waals surface area contributed by atoms with Crippen LogP contribution in [0.3, 0.4) is 0 Å². The number of rotatable bonds is 14. The molecule has 0 saturated carbocycles. The molecule has 0 saturated heterocycles. The van der Waals surface area contributed by atoms with E-state index in [9.17, 15) is 9.59 Å². The summed E-state index contributed by atoms with van der Waals surface area (Å²) in [5.74, 6) is -1.12. The number of esters is 1. The lowest BCUT2D eigenvalue weighted by atomic mass is 10.1. The highest BCUT2D eigenvalue weighted by Gasteiger charge is 1.95. The van der Waals surface area contributed by atoms with Crippen molar-refractivity contribution in [3.05, 3.63) is 0 Å². The number of nitrogens with two attached hydrogens (primary N) is 1. The predicted octanol–water partition coefficient (Wildman–Crippen LogP) is 4.28. The first-order valence-corrected chi connectivity index (χ1v) is 9.09. The highest BCUT2D eigenvalue weighted by atomic mass is 16.5. The van der Waals surface area contributed by atoms with E-state index in [0.29, 0.717) is 6.61 Å². The average molecular weight is 331 g/mol. The molecule has 5 nitrogen and oxygen atoms in total. The van der Waals surface area contributed by atoms with Crippen LogP contribution in [0.15, 0.2) is 0 Å². The molecule has 0 amide bonds. The third-order valence-electron chi connectivity index (χ3n) is 3.48. The standard InChI is InChI=1S/C16H32O2.C2H5NO2/c1-3-4-5-6-7-8-9-10-11-12-13-14-15-18-16(2)17;3-1-2(4)5/h3-15H2,1-2H3;1,3H2,(H,4,5). The van der Waals surface area contributed by atoms with Gasteiger partial charge in [0.05, 0.1) is 13.2 Å². The highest BCUT2D eigenvalue weighted by Crippen LogP contribution is 2.11. The van der Waals surface area contributed by atoms with Crippen molar-refractivity contribution in [1.29, 1.82) is 0 Å². The molecule has 3 N–H and O–H groups in total. The summed E-state index contributed by atoms with van der Waals surface area (Å²) in [5.41, 5.74) is 4.57. The summed E-state index contributed by atoms with van der Waals surface area (Å²) in [6.45, 7) is 4.06. The molecule has 0 rings (SSSR count). The van der Waals surface area contributed by atoms with Gasteiger partial charge < -0.3 is 15.6 Å². The first kappa shape index (κ1) is 24.2. The fraction of sp³-hybridized carbons (Fsp3) is 0.889. The Morgan fingerprint density at radius 2 is 1.17 bits per heavy atom. The van der Waals surface area contributed by atoms with Crippen LogP contribution in [0.25, 0.3) is 0 Å². The van der Waals surface area contributed by atoms with Crippen LogP contribution in [0.4, 0.5) is 0 Å². The van der Waals surface area contributed by atoms with Gasteiger partial charge in [0.1, 0.15) is 0 Å². The molecule has 0 heterocycles. The second-order valence-electron chi connectivity index (χ2n) is 5.83. The van der Waals surface area contributed by atoms with Crippen LogP contribution in [-0.4, -0.2) is 30.2 Å². The van der Waals surface area contributed by atoms with E-state index in [1.54, 1.807) is 0 Å². The quantitative estimate of drug-likeness (QED) is 0.366. The Bertz CT molecular complexity index is 270. The van der Waals surface area contributed by atoms with Gasteiger partial charge >= 0.3 is 11.9 Å². The van der Waals surface area contributed by atoms with Gasteiger partial charge in [-0.25, -0.2) is 0 Å². The van der Waals surface area contributed by atoms with Crippen LogP contribution in [0.5, 0.6) is 0 Å². The summed E-state index contributed by atoms with van der Waals surface area (Å²) < 4.78 is 4.89. The third kappa shape index (κ3) is 29.5. The van der Waals surface area contributed by atoms with E-state index in [1.807, 2.05) is 0 Å². The van der Waals surface area contributed by atoms with Crippen molar-refractivity contribution in [2.75, 3.05) is 13.2 Å². The number of carbonyl (C=O) groups excluding carboxylic acids is 1. The maximum Gasteiger partial charge on any atom is 0.317 e. The van der Waals surface area contributed by atoms with E-state index < -0.39 is 5.97 Å². The smallest absolute Gasteiger partial charge is 0.317 e. The second-order valence-corrected chi connectivity index (χ2v) is 5.83. The number of ether oxygens (including phenoxy) is 1. The van der Waals surface area contributed by atoms with E-state index in [2.05, 4.69) is 12.7 Å². The van der Waals surface area contributed by atoms with E-state index in [0.717, 1.165) is 6.42 Å². The molecular formula is C18H37NO4. The molecule has 0 aliphatic heterocycles. The first-order valence-electron chi connectivity index (χ1n) is 9.09. The van der Waals surface area contributed by atoms with E-state index >= 15 is 0 Å². The molecule has 0 radical (unpaired) electrons. The number of aliphatic carboxylic acids is 1. The zero-order chi connectivity index (χ0) is 17.8. The number of unbranched alkanes of at least 4 members (excludes halogenated alkanes) is 11. The molecular weight excluding hydrogens is 294 g/mol. The van der Waals surface area contributed by atoms with Gasteiger partial charge in [-0.15, -0.1) is 0 Å². The van der Waals surface area contributed by atoms with Gasteiger partial charge in [0.2, 0.25) is 0 Å². The summed E-state index contributed by atoms with van der Waals surface area (Å²) in [7, 11) is 0. The molecule has 0 spiro atoms. The average Bonchev–Trinajstić information content (AvgIpc) is 2.52. The Morgan fingerprint density at radius 3 is 1.48 bits per heavy atom. The van der Waals surface area contributed by atoms with Crippen LogP contribution in [0, 0.1) is 0 Å². The van der Waals surface area contributed by atoms with Crippen LogP contribution in [-0.2, 0) is 14.3 Å². The maximum absolute atomic E-state index is 10.5. The Kier molecular flexibility index (Phi) is 22.0. The molecule has 23 heavy (non-hydrogen) atoms. The zero-order valence-corrected chi connectivity index (χ0v) is 15.1. The lowest BCUT2D eigenvalue weighted by Gasteiger charge is -2.03. The van der Waals surface area contributed by atoms with Crippen molar-refractivity contribution in [1.82, 2.24) is 0 Å². The molecule has 138 valence electrons. The minimum atomic E-state index is -0.968. The van der Waals surface area contributed by atoms with Gasteiger partial charge in [-0.3, -0.25) is 9.59 Å². The Morgan fingerprint density at radius 1 is 0.826 bits per heavy atom. The molecule has 0 aliphatic rings. The predicted molar refractivity (Wildman–Crippen MR) is 94.4 cm³/mol. The zero-order valence-electron chi connectivity index (χ0n) is 15.1. The van der Waals surface area contributed by atoms with Gasteiger partial charge in [-0.2, -0.15) is 0 Å². The summed E-state index contributed by atoms with van der Waals surface area (Å²) in [6.07, 6.45) is 16.1. The van der Waals surface area contributed by atoms with Crippen molar-refractivity contribution >= 4 is 11.9 Å². The maximum atomic E-state index is 10.5. The fourth-order valence-electron chi connectivity index (χ4n) is 2.16. The van der Waals surface area contributed by atoms with Crippen LogP contribution in [0.2, 0.25) is 0 Å². The van der Waals surface area contributed by atoms with Crippen molar-refractivity contribution in [2.24, 2.45) is 5.73 Å². The number of carboxylic acid groups (broad SMARTS) is 1. The first-order chi connectivity index (χ1) is 11.0. The number of hydrogen-bond donors (Lipinski definition) is 2. The molecule has 0 unspecified atom stereocenters. The Balaban J connectivity index is 0. The Labute approximate surface area is 142 Å². The van der Waals surface area contributed by atoms with Gasteiger partial charge in [0.25, 0.3) is 0 Å². The minimum Gasteiger partial charge on any atom is -0.480 e. The van der Waals surface area contributed by atoms with Crippen LogP contribution < -0.4 is 5.73 Å². The fourth-order valence-corrected chi connectivity index (χ4v) is 2.16. The highest BCUT2D eigenvalue weighted by molar-refractivity contribution is 5.68. The molecule has 0 fully saturated rings. The number of carbonyl (C=O) groups is 2. The molecule has 0 atom stereocenters. The van der Waals surface area contributed by atoms with Crippen molar-refractivity contribution in [3.63, 3.8) is 0 Å².